The molecule has 0 aliphatic heterocycles. The number of hydrogen-bond donors (Lipinski definition) is 1. The fraction of sp³-hybridized carbons (Fsp3) is 0.0952. The van der Waals surface area contributed by atoms with Crippen LogP contribution in [-0.4, -0.2) is 22.9 Å². The van der Waals surface area contributed by atoms with Gasteiger partial charge in [0, 0.05) is 16.7 Å². The number of pyridine rings is 1. The molecule has 7 nitrogen and oxygen atoms in total. The van der Waals surface area contributed by atoms with E-state index in [4.69, 9.17) is 20.8 Å². The summed E-state index contributed by atoms with van der Waals surface area (Å²) in [7, 11) is 0. The second-order valence-electron chi connectivity index (χ2n) is 6.31. The Bertz CT molecular complexity index is 1360. The SMILES string of the molecule is CCOC(=O)c1cc(NC(=O)c2ccc(F)cc2)c(=O)n2c1oc1cc(Cl)ccc12. The average Bonchev–Trinajstić information content (AvgIpc) is 3.09. The number of ether oxygens (including phenoxy) is 1. The molecule has 2 aromatic carbocycles. The van der Waals surface area contributed by atoms with E-state index in [2.05, 4.69) is 5.32 Å². The van der Waals surface area contributed by atoms with E-state index < -0.39 is 23.3 Å². The fourth-order valence-electron chi connectivity index (χ4n) is 3.02. The smallest absolute Gasteiger partial charge is 0.343 e. The summed E-state index contributed by atoms with van der Waals surface area (Å²) in [5.74, 6) is -1.86. The summed E-state index contributed by atoms with van der Waals surface area (Å²) in [6, 6.07) is 10.7. The summed E-state index contributed by atoms with van der Waals surface area (Å²) in [6.07, 6.45) is 0. The molecular formula is C21H14ClFN2O5. The average molecular weight is 429 g/mol. The van der Waals surface area contributed by atoms with Crippen molar-refractivity contribution in [3.05, 3.63) is 80.9 Å². The zero-order valence-corrected chi connectivity index (χ0v) is 16.3. The van der Waals surface area contributed by atoms with E-state index >= 15 is 0 Å². The zero-order valence-electron chi connectivity index (χ0n) is 15.6. The standard InChI is InChI=1S/C21H14ClFN2O5/c1-2-29-21(28)14-10-15(24-18(26)11-3-6-13(23)7-4-11)19(27)25-16-8-5-12(22)9-17(16)30-20(14)25/h3-10H,2H2,1H3,(H,24,26). The Labute approximate surface area is 173 Å². The van der Waals surface area contributed by atoms with Gasteiger partial charge in [0.15, 0.2) is 5.58 Å². The molecule has 0 fully saturated rings. The van der Waals surface area contributed by atoms with Crippen LogP contribution in [0.15, 0.2) is 57.7 Å². The van der Waals surface area contributed by atoms with Crippen molar-refractivity contribution in [1.29, 1.82) is 0 Å². The van der Waals surface area contributed by atoms with Crippen LogP contribution in [0.3, 0.4) is 0 Å². The first-order valence-electron chi connectivity index (χ1n) is 8.91. The van der Waals surface area contributed by atoms with Crippen molar-refractivity contribution >= 4 is 46.0 Å². The maximum absolute atomic E-state index is 13.1. The maximum Gasteiger partial charge on any atom is 0.343 e. The monoisotopic (exact) mass is 428 g/mol. The van der Waals surface area contributed by atoms with Crippen molar-refractivity contribution < 1.29 is 23.1 Å². The number of nitrogens with one attached hydrogen (secondary N) is 1. The van der Waals surface area contributed by atoms with Crippen LogP contribution in [0.25, 0.3) is 16.8 Å². The number of fused-ring (bicyclic) bond motifs is 3. The Hall–Kier alpha value is -3.65. The quantitative estimate of drug-likeness (QED) is 0.490. The second-order valence-corrected chi connectivity index (χ2v) is 6.75. The second kappa shape index (κ2) is 7.64. The highest BCUT2D eigenvalue weighted by Crippen LogP contribution is 2.26. The highest BCUT2D eigenvalue weighted by Gasteiger charge is 2.23. The summed E-state index contributed by atoms with van der Waals surface area (Å²) < 4.78 is 25.0. The van der Waals surface area contributed by atoms with Crippen LogP contribution in [-0.2, 0) is 4.74 Å². The van der Waals surface area contributed by atoms with Gasteiger partial charge in [-0.15, -0.1) is 0 Å². The third-order valence-electron chi connectivity index (χ3n) is 4.38. The minimum atomic E-state index is -0.725. The van der Waals surface area contributed by atoms with Crippen molar-refractivity contribution in [1.82, 2.24) is 4.40 Å². The number of esters is 1. The molecule has 0 saturated heterocycles. The maximum atomic E-state index is 13.1. The molecule has 4 aromatic rings. The molecule has 4 rings (SSSR count). The predicted molar refractivity (Wildman–Crippen MR) is 109 cm³/mol. The number of hydrogen-bond acceptors (Lipinski definition) is 5. The van der Waals surface area contributed by atoms with E-state index in [1.54, 1.807) is 19.1 Å². The third-order valence-corrected chi connectivity index (χ3v) is 4.61. The van der Waals surface area contributed by atoms with Crippen molar-refractivity contribution in [3.8, 4) is 0 Å². The highest BCUT2D eigenvalue weighted by molar-refractivity contribution is 6.31. The Morgan fingerprint density at radius 1 is 1.17 bits per heavy atom. The van der Waals surface area contributed by atoms with Gasteiger partial charge in [0.05, 0.1) is 12.1 Å². The molecule has 9 heteroatoms. The number of nitrogens with zero attached hydrogens (tertiary/aromatic N) is 1. The van der Waals surface area contributed by atoms with Gasteiger partial charge in [-0.3, -0.25) is 9.59 Å². The lowest BCUT2D eigenvalue weighted by molar-refractivity contribution is 0.0526. The summed E-state index contributed by atoms with van der Waals surface area (Å²) in [6.45, 7) is 1.74. The zero-order chi connectivity index (χ0) is 21.4. The minimum absolute atomic E-state index is 0.0319. The lowest BCUT2D eigenvalue weighted by Gasteiger charge is -2.08. The lowest BCUT2D eigenvalue weighted by atomic mass is 10.2. The van der Waals surface area contributed by atoms with Gasteiger partial charge < -0.3 is 14.5 Å². The largest absolute Gasteiger partial charge is 0.462 e. The van der Waals surface area contributed by atoms with Crippen LogP contribution >= 0.6 is 11.6 Å². The minimum Gasteiger partial charge on any atom is -0.462 e. The van der Waals surface area contributed by atoms with Crippen LogP contribution in [0.5, 0.6) is 0 Å². The van der Waals surface area contributed by atoms with E-state index in [0.29, 0.717) is 10.5 Å². The van der Waals surface area contributed by atoms with Gasteiger partial charge in [0.1, 0.15) is 17.1 Å². The van der Waals surface area contributed by atoms with Gasteiger partial charge in [-0.25, -0.2) is 13.6 Å². The van der Waals surface area contributed by atoms with Crippen molar-refractivity contribution in [2.24, 2.45) is 0 Å². The molecule has 0 atom stereocenters. The molecular weight excluding hydrogens is 415 g/mol. The van der Waals surface area contributed by atoms with Gasteiger partial charge in [-0.05, 0) is 49.4 Å². The number of amides is 1. The number of carbonyl (C=O) groups is 2. The molecule has 0 aliphatic rings. The molecule has 0 bridgehead atoms. The van der Waals surface area contributed by atoms with Crippen LogP contribution in [0.4, 0.5) is 10.1 Å². The third kappa shape index (κ3) is 3.42. The first-order valence-corrected chi connectivity index (χ1v) is 9.28. The molecule has 0 spiro atoms. The Balaban J connectivity index is 1.91. The van der Waals surface area contributed by atoms with Crippen LogP contribution in [0.2, 0.25) is 5.02 Å². The first kappa shape index (κ1) is 19.7. The molecule has 1 N–H and O–H groups in total. The van der Waals surface area contributed by atoms with Crippen molar-refractivity contribution in [2.75, 3.05) is 11.9 Å². The van der Waals surface area contributed by atoms with Gasteiger partial charge in [0.2, 0.25) is 5.71 Å². The number of rotatable bonds is 4. The number of aromatic nitrogens is 1. The van der Waals surface area contributed by atoms with Crippen LogP contribution < -0.4 is 10.9 Å². The topological polar surface area (TPSA) is 90.0 Å². The molecule has 1 amide bonds. The summed E-state index contributed by atoms with van der Waals surface area (Å²) in [5.41, 5.74) is -0.0665. The molecule has 2 aromatic heterocycles. The van der Waals surface area contributed by atoms with E-state index in [9.17, 15) is 18.8 Å². The summed E-state index contributed by atoms with van der Waals surface area (Å²) in [5, 5.41) is 2.86. The first-order chi connectivity index (χ1) is 14.4. The molecule has 2 heterocycles. The summed E-state index contributed by atoms with van der Waals surface area (Å²) >= 11 is 5.99. The summed E-state index contributed by atoms with van der Waals surface area (Å²) in [4.78, 5) is 38.1. The van der Waals surface area contributed by atoms with E-state index in [-0.39, 0.29) is 34.7 Å². The van der Waals surface area contributed by atoms with Crippen LogP contribution in [0.1, 0.15) is 27.6 Å². The van der Waals surface area contributed by atoms with Crippen LogP contribution in [0, 0.1) is 5.82 Å². The van der Waals surface area contributed by atoms with Gasteiger partial charge in [-0.1, -0.05) is 11.6 Å². The lowest BCUT2D eigenvalue weighted by Crippen LogP contribution is -2.24. The number of carbonyl (C=O) groups excluding carboxylic acids is 2. The Morgan fingerprint density at radius 3 is 2.60 bits per heavy atom. The Morgan fingerprint density at radius 2 is 1.90 bits per heavy atom. The van der Waals surface area contributed by atoms with E-state index in [1.807, 2.05) is 0 Å². The molecule has 0 radical (unpaired) electrons. The molecule has 30 heavy (non-hydrogen) atoms. The van der Waals surface area contributed by atoms with Gasteiger partial charge >= 0.3 is 5.97 Å². The number of benzene rings is 2. The highest BCUT2D eigenvalue weighted by atomic mass is 35.5. The predicted octanol–water partition coefficient (Wildman–Crippen LogP) is 4.27. The normalized spacial score (nSPS) is 11.0. The van der Waals surface area contributed by atoms with Crippen molar-refractivity contribution in [2.45, 2.75) is 6.92 Å². The van der Waals surface area contributed by atoms with E-state index in [0.717, 1.165) is 16.5 Å². The van der Waals surface area contributed by atoms with Gasteiger partial charge in [-0.2, -0.15) is 0 Å². The fourth-order valence-corrected chi connectivity index (χ4v) is 3.18. The molecule has 0 unspecified atom stereocenters. The van der Waals surface area contributed by atoms with E-state index in [1.165, 1.54) is 24.3 Å². The molecule has 0 aliphatic carbocycles. The van der Waals surface area contributed by atoms with Gasteiger partial charge in [0.25, 0.3) is 11.5 Å². The molecule has 0 saturated carbocycles. The Kier molecular flexibility index (Phi) is 5.01. The number of oxazole rings is 1. The molecule has 152 valence electrons. The van der Waals surface area contributed by atoms with Crippen molar-refractivity contribution in [3.63, 3.8) is 0 Å². The number of halogens is 2. The number of anilines is 1.